The fourth-order valence-electron chi connectivity index (χ4n) is 2.20. The number of ether oxygens (including phenoxy) is 1. The Labute approximate surface area is 146 Å². The first-order chi connectivity index (χ1) is 11.6. The summed E-state index contributed by atoms with van der Waals surface area (Å²) < 4.78 is 18.6. The van der Waals surface area contributed by atoms with Crippen LogP contribution in [0.25, 0.3) is 0 Å². The predicted molar refractivity (Wildman–Crippen MR) is 95.6 cm³/mol. The van der Waals surface area contributed by atoms with Gasteiger partial charge in [0.1, 0.15) is 5.82 Å². The molecular formula is C18H21ClFN3O. The lowest BCUT2D eigenvalue weighted by atomic mass is 10.1. The molecule has 0 aliphatic rings. The molecule has 0 fully saturated rings. The van der Waals surface area contributed by atoms with Crippen LogP contribution >= 0.6 is 11.6 Å². The minimum Gasteiger partial charge on any atom is -0.380 e. The fraction of sp³-hybridized carbons (Fsp3) is 0.278. The molecule has 6 heteroatoms. The number of halogens is 2. The summed E-state index contributed by atoms with van der Waals surface area (Å²) in [6.45, 7) is 1.43. The van der Waals surface area contributed by atoms with Gasteiger partial charge in [-0.3, -0.25) is 4.99 Å². The zero-order valence-corrected chi connectivity index (χ0v) is 14.5. The van der Waals surface area contributed by atoms with E-state index in [0.717, 1.165) is 11.1 Å². The number of aliphatic imine (C=N–C) groups is 1. The van der Waals surface area contributed by atoms with E-state index >= 15 is 0 Å². The number of hydrogen-bond donors (Lipinski definition) is 2. The van der Waals surface area contributed by atoms with Crippen LogP contribution in [-0.2, 0) is 24.4 Å². The van der Waals surface area contributed by atoms with Gasteiger partial charge >= 0.3 is 0 Å². The molecule has 0 aromatic heterocycles. The van der Waals surface area contributed by atoms with E-state index in [9.17, 15) is 4.39 Å². The van der Waals surface area contributed by atoms with Crippen molar-refractivity contribution in [3.63, 3.8) is 0 Å². The molecule has 2 N–H and O–H groups in total. The zero-order valence-electron chi connectivity index (χ0n) is 13.8. The van der Waals surface area contributed by atoms with Gasteiger partial charge in [0.25, 0.3) is 0 Å². The van der Waals surface area contributed by atoms with Crippen molar-refractivity contribution in [3.05, 3.63) is 70.0 Å². The van der Waals surface area contributed by atoms with Crippen LogP contribution in [0.1, 0.15) is 16.7 Å². The number of hydrogen-bond acceptors (Lipinski definition) is 2. The topological polar surface area (TPSA) is 45.7 Å². The molecule has 24 heavy (non-hydrogen) atoms. The molecule has 0 saturated heterocycles. The highest BCUT2D eigenvalue weighted by molar-refractivity contribution is 6.30. The lowest BCUT2D eigenvalue weighted by Crippen LogP contribution is -2.36. The highest BCUT2D eigenvalue weighted by Gasteiger charge is 2.04. The van der Waals surface area contributed by atoms with E-state index < -0.39 is 0 Å². The van der Waals surface area contributed by atoms with Crippen LogP contribution in [0.15, 0.2) is 47.5 Å². The Kier molecular flexibility index (Phi) is 7.03. The van der Waals surface area contributed by atoms with Gasteiger partial charge in [-0.05, 0) is 35.4 Å². The van der Waals surface area contributed by atoms with Gasteiger partial charge in [-0.15, -0.1) is 0 Å². The monoisotopic (exact) mass is 349 g/mol. The zero-order chi connectivity index (χ0) is 17.4. The van der Waals surface area contributed by atoms with Gasteiger partial charge in [0, 0.05) is 37.8 Å². The van der Waals surface area contributed by atoms with E-state index in [2.05, 4.69) is 15.6 Å². The summed E-state index contributed by atoms with van der Waals surface area (Å²) in [5, 5.41) is 7.14. The van der Waals surface area contributed by atoms with Crippen LogP contribution in [-0.4, -0.2) is 20.1 Å². The van der Waals surface area contributed by atoms with Gasteiger partial charge in [0.2, 0.25) is 0 Å². The number of guanidine groups is 1. The molecule has 2 aromatic carbocycles. The Bertz CT molecular complexity index is 689. The van der Waals surface area contributed by atoms with Crippen LogP contribution in [0, 0.1) is 5.82 Å². The average Bonchev–Trinajstić information content (AvgIpc) is 2.59. The molecule has 0 saturated carbocycles. The highest BCUT2D eigenvalue weighted by Crippen LogP contribution is 2.12. The molecular weight excluding hydrogens is 329 g/mol. The molecule has 0 heterocycles. The van der Waals surface area contributed by atoms with Gasteiger partial charge in [-0.2, -0.15) is 0 Å². The second kappa shape index (κ2) is 9.25. The molecule has 0 atom stereocenters. The lowest BCUT2D eigenvalue weighted by Gasteiger charge is -2.13. The second-order valence-corrected chi connectivity index (χ2v) is 5.70. The van der Waals surface area contributed by atoms with E-state index in [0.29, 0.717) is 29.6 Å². The maximum atomic E-state index is 13.6. The molecule has 2 aromatic rings. The maximum Gasteiger partial charge on any atom is 0.191 e. The normalized spacial score (nSPS) is 11.4. The molecule has 0 bridgehead atoms. The van der Waals surface area contributed by atoms with Gasteiger partial charge < -0.3 is 15.4 Å². The predicted octanol–water partition coefficient (Wildman–Crippen LogP) is 3.49. The molecule has 0 radical (unpaired) electrons. The number of methoxy groups -OCH3 is 1. The van der Waals surface area contributed by atoms with E-state index in [1.807, 2.05) is 24.3 Å². The number of rotatable bonds is 6. The van der Waals surface area contributed by atoms with Gasteiger partial charge in [0.15, 0.2) is 5.96 Å². The molecule has 128 valence electrons. The first-order valence-electron chi connectivity index (χ1n) is 7.57. The SMILES string of the molecule is CN=C(NCc1ccc(Cl)cc1)NCc1ccc(F)c(COC)c1. The molecule has 2 rings (SSSR count). The Balaban J connectivity index is 1.89. The Morgan fingerprint density at radius 3 is 2.33 bits per heavy atom. The third kappa shape index (κ3) is 5.51. The van der Waals surface area contributed by atoms with Crippen LogP contribution < -0.4 is 10.6 Å². The van der Waals surface area contributed by atoms with Crippen molar-refractivity contribution in [2.24, 2.45) is 4.99 Å². The van der Waals surface area contributed by atoms with Crippen molar-refractivity contribution in [2.45, 2.75) is 19.7 Å². The first kappa shape index (κ1) is 18.2. The summed E-state index contributed by atoms with van der Waals surface area (Å²) in [4.78, 5) is 4.18. The Morgan fingerprint density at radius 2 is 1.71 bits per heavy atom. The average molecular weight is 350 g/mol. The minimum absolute atomic E-state index is 0.253. The summed E-state index contributed by atoms with van der Waals surface area (Å²) in [5.74, 6) is 0.411. The van der Waals surface area contributed by atoms with Crippen molar-refractivity contribution in [2.75, 3.05) is 14.2 Å². The third-order valence-corrected chi connectivity index (χ3v) is 3.72. The van der Waals surface area contributed by atoms with Crippen molar-refractivity contribution in [3.8, 4) is 0 Å². The smallest absolute Gasteiger partial charge is 0.191 e. The van der Waals surface area contributed by atoms with Gasteiger partial charge in [-0.1, -0.05) is 29.8 Å². The molecule has 0 aliphatic carbocycles. The molecule has 0 spiro atoms. The lowest BCUT2D eigenvalue weighted by molar-refractivity contribution is 0.181. The van der Waals surface area contributed by atoms with E-state index in [1.165, 1.54) is 6.07 Å². The first-order valence-corrected chi connectivity index (χ1v) is 7.95. The number of nitrogens with one attached hydrogen (secondary N) is 2. The van der Waals surface area contributed by atoms with Crippen LogP contribution in [0.5, 0.6) is 0 Å². The number of nitrogens with zero attached hydrogens (tertiary/aromatic N) is 1. The summed E-state index contributed by atoms with van der Waals surface area (Å²) in [7, 11) is 3.26. The van der Waals surface area contributed by atoms with Crippen LogP contribution in [0.4, 0.5) is 4.39 Å². The third-order valence-electron chi connectivity index (χ3n) is 3.47. The highest BCUT2D eigenvalue weighted by atomic mass is 35.5. The largest absolute Gasteiger partial charge is 0.380 e. The van der Waals surface area contributed by atoms with E-state index in [-0.39, 0.29) is 12.4 Å². The van der Waals surface area contributed by atoms with Crippen molar-refractivity contribution < 1.29 is 9.13 Å². The standard InChI is InChI=1S/C18H21ClFN3O/c1-21-18(22-10-13-3-6-16(19)7-4-13)23-11-14-5-8-17(20)15(9-14)12-24-2/h3-9H,10-12H2,1-2H3,(H2,21,22,23). The second-order valence-electron chi connectivity index (χ2n) is 5.26. The van der Waals surface area contributed by atoms with E-state index in [1.54, 1.807) is 26.3 Å². The summed E-state index contributed by atoms with van der Waals surface area (Å²) >= 11 is 5.87. The Morgan fingerprint density at radius 1 is 1.08 bits per heavy atom. The van der Waals surface area contributed by atoms with Crippen molar-refractivity contribution >= 4 is 17.6 Å². The van der Waals surface area contributed by atoms with Crippen molar-refractivity contribution in [1.29, 1.82) is 0 Å². The minimum atomic E-state index is -0.258. The van der Waals surface area contributed by atoms with Gasteiger partial charge in [0.05, 0.1) is 6.61 Å². The molecule has 4 nitrogen and oxygen atoms in total. The fourth-order valence-corrected chi connectivity index (χ4v) is 2.32. The Hall–Kier alpha value is -2.11. The number of benzene rings is 2. The van der Waals surface area contributed by atoms with Crippen LogP contribution in [0.3, 0.4) is 0 Å². The van der Waals surface area contributed by atoms with Crippen LogP contribution in [0.2, 0.25) is 5.02 Å². The quantitative estimate of drug-likeness (QED) is 0.620. The summed E-state index contributed by atoms with van der Waals surface area (Å²) in [6, 6.07) is 12.6. The molecule has 0 amide bonds. The van der Waals surface area contributed by atoms with Crippen molar-refractivity contribution in [1.82, 2.24) is 10.6 Å². The summed E-state index contributed by atoms with van der Waals surface area (Å²) in [5.41, 5.74) is 2.60. The van der Waals surface area contributed by atoms with E-state index in [4.69, 9.17) is 16.3 Å². The maximum absolute atomic E-state index is 13.6. The van der Waals surface area contributed by atoms with Gasteiger partial charge in [-0.25, -0.2) is 4.39 Å². The summed E-state index contributed by atoms with van der Waals surface area (Å²) in [6.07, 6.45) is 0. The molecule has 0 unspecified atom stereocenters. The molecule has 0 aliphatic heterocycles.